The molecule has 1 aliphatic carbocycles. The lowest BCUT2D eigenvalue weighted by Gasteiger charge is -2.30. The summed E-state index contributed by atoms with van der Waals surface area (Å²) in [5, 5.41) is 2.98. The van der Waals surface area contributed by atoms with Crippen molar-refractivity contribution in [2.24, 2.45) is 5.41 Å². The number of nitrogens with zero attached hydrogens (tertiary/aromatic N) is 1. The average molecular weight is 364 g/mol. The van der Waals surface area contributed by atoms with Crippen LogP contribution in [0.3, 0.4) is 0 Å². The molecule has 0 atom stereocenters. The van der Waals surface area contributed by atoms with Crippen LogP contribution in [0, 0.1) is 12.3 Å². The Bertz CT molecular complexity index is 810. The molecule has 2 amide bonds. The van der Waals surface area contributed by atoms with Gasteiger partial charge in [0.05, 0.1) is 0 Å². The zero-order valence-corrected chi connectivity index (χ0v) is 16.4. The van der Waals surface area contributed by atoms with Crippen molar-refractivity contribution in [3.63, 3.8) is 0 Å². The predicted octanol–water partition coefficient (Wildman–Crippen LogP) is 3.83. The van der Waals surface area contributed by atoms with Crippen LogP contribution < -0.4 is 5.32 Å². The van der Waals surface area contributed by atoms with Crippen LogP contribution in [0.15, 0.2) is 54.6 Å². The molecule has 2 aromatic rings. The van der Waals surface area contributed by atoms with Gasteiger partial charge in [-0.05, 0) is 44.7 Å². The molecule has 1 fully saturated rings. The van der Waals surface area contributed by atoms with Gasteiger partial charge < -0.3 is 10.2 Å². The number of rotatable bonds is 7. The predicted molar refractivity (Wildman–Crippen MR) is 107 cm³/mol. The Morgan fingerprint density at radius 3 is 2.30 bits per heavy atom. The summed E-state index contributed by atoms with van der Waals surface area (Å²) in [6.07, 6.45) is 1.26. The van der Waals surface area contributed by atoms with Crippen LogP contribution in [-0.4, -0.2) is 22.8 Å². The Labute approximate surface area is 161 Å². The number of carbonyl (C=O) groups excluding carboxylic acids is 2. The minimum absolute atomic E-state index is 0.0414. The standard InChI is InChI=1S/C23H28N2O2/c1-17(2)25(16-19-9-5-4-6-10-19)22(27)23(12-13-23)21(26)24-15-20-11-7-8-18(3)14-20/h4-11,14,17H,12-13,15-16H2,1-3H3,(H,24,26). The van der Waals surface area contributed by atoms with Crippen molar-refractivity contribution in [2.45, 2.75) is 52.7 Å². The van der Waals surface area contributed by atoms with E-state index in [1.165, 1.54) is 0 Å². The summed E-state index contributed by atoms with van der Waals surface area (Å²) in [5.74, 6) is -0.198. The van der Waals surface area contributed by atoms with Gasteiger partial charge >= 0.3 is 0 Å². The molecule has 1 aliphatic rings. The van der Waals surface area contributed by atoms with Crippen molar-refractivity contribution in [3.8, 4) is 0 Å². The summed E-state index contributed by atoms with van der Waals surface area (Å²) >= 11 is 0. The maximum Gasteiger partial charge on any atom is 0.238 e. The third-order valence-corrected chi connectivity index (χ3v) is 5.21. The smallest absolute Gasteiger partial charge is 0.238 e. The van der Waals surface area contributed by atoms with Gasteiger partial charge in [-0.3, -0.25) is 9.59 Å². The molecular weight excluding hydrogens is 336 g/mol. The van der Waals surface area contributed by atoms with Gasteiger partial charge in [0.25, 0.3) is 0 Å². The SMILES string of the molecule is Cc1cccc(CNC(=O)C2(C(=O)N(Cc3ccccc3)C(C)C)CC2)c1. The number of carbonyl (C=O) groups is 2. The molecule has 3 rings (SSSR count). The van der Waals surface area contributed by atoms with Gasteiger partial charge in [0.15, 0.2) is 0 Å². The van der Waals surface area contributed by atoms with Crippen molar-refractivity contribution in [3.05, 3.63) is 71.3 Å². The highest BCUT2D eigenvalue weighted by Crippen LogP contribution is 2.48. The van der Waals surface area contributed by atoms with E-state index in [2.05, 4.69) is 11.4 Å². The van der Waals surface area contributed by atoms with Crippen molar-refractivity contribution >= 4 is 11.8 Å². The van der Waals surface area contributed by atoms with Crippen molar-refractivity contribution in [1.82, 2.24) is 10.2 Å². The average Bonchev–Trinajstić information content (AvgIpc) is 3.46. The van der Waals surface area contributed by atoms with Gasteiger partial charge in [0.1, 0.15) is 5.41 Å². The second-order valence-corrected chi connectivity index (χ2v) is 7.77. The van der Waals surface area contributed by atoms with E-state index >= 15 is 0 Å². The van der Waals surface area contributed by atoms with Crippen LogP contribution in [0.2, 0.25) is 0 Å². The van der Waals surface area contributed by atoms with Gasteiger partial charge in [0.2, 0.25) is 11.8 Å². The minimum Gasteiger partial charge on any atom is -0.351 e. The molecule has 4 heteroatoms. The molecule has 0 bridgehead atoms. The summed E-state index contributed by atoms with van der Waals surface area (Å²) in [6.45, 7) is 7.02. The van der Waals surface area contributed by atoms with Crippen LogP contribution in [0.25, 0.3) is 0 Å². The summed E-state index contributed by atoms with van der Waals surface area (Å²) < 4.78 is 0. The molecule has 4 nitrogen and oxygen atoms in total. The van der Waals surface area contributed by atoms with Crippen LogP contribution in [0.5, 0.6) is 0 Å². The lowest BCUT2D eigenvalue weighted by molar-refractivity contribution is -0.146. The van der Waals surface area contributed by atoms with E-state index < -0.39 is 5.41 Å². The Morgan fingerprint density at radius 2 is 1.70 bits per heavy atom. The Morgan fingerprint density at radius 1 is 1.04 bits per heavy atom. The third kappa shape index (κ3) is 4.38. The molecule has 2 aromatic carbocycles. The van der Waals surface area contributed by atoms with Crippen LogP contribution in [-0.2, 0) is 22.7 Å². The topological polar surface area (TPSA) is 49.4 Å². The summed E-state index contributed by atoms with van der Waals surface area (Å²) in [6, 6.07) is 18.0. The molecule has 0 saturated heterocycles. The first-order valence-corrected chi connectivity index (χ1v) is 9.61. The molecule has 1 N–H and O–H groups in total. The number of amides is 2. The summed E-state index contributed by atoms with van der Waals surface area (Å²) in [5.41, 5.74) is 2.41. The van der Waals surface area contributed by atoms with Crippen LogP contribution in [0.4, 0.5) is 0 Å². The highest BCUT2D eigenvalue weighted by Gasteiger charge is 2.58. The van der Waals surface area contributed by atoms with Crippen LogP contribution in [0.1, 0.15) is 43.4 Å². The summed E-state index contributed by atoms with van der Waals surface area (Å²) in [7, 11) is 0. The normalized spacial score (nSPS) is 14.7. The van der Waals surface area contributed by atoms with E-state index in [0.717, 1.165) is 16.7 Å². The fourth-order valence-corrected chi connectivity index (χ4v) is 3.38. The zero-order chi connectivity index (χ0) is 19.4. The van der Waals surface area contributed by atoms with E-state index in [-0.39, 0.29) is 17.9 Å². The first-order valence-electron chi connectivity index (χ1n) is 9.61. The lowest BCUT2D eigenvalue weighted by atomic mass is 10.0. The Balaban J connectivity index is 1.68. The zero-order valence-electron chi connectivity index (χ0n) is 16.4. The molecule has 0 heterocycles. The third-order valence-electron chi connectivity index (χ3n) is 5.21. The Hall–Kier alpha value is -2.62. The van der Waals surface area contributed by atoms with Crippen LogP contribution >= 0.6 is 0 Å². The molecule has 0 spiro atoms. The van der Waals surface area contributed by atoms with Gasteiger partial charge in [0, 0.05) is 19.1 Å². The first kappa shape index (κ1) is 19.2. The van der Waals surface area contributed by atoms with E-state index in [9.17, 15) is 9.59 Å². The number of benzene rings is 2. The highest BCUT2D eigenvalue weighted by atomic mass is 16.2. The number of nitrogens with one attached hydrogen (secondary N) is 1. The molecule has 142 valence electrons. The molecule has 0 radical (unpaired) electrons. The quantitative estimate of drug-likeness (QED) is 0.759. The van der Waals surface area contributed by atoms with Crippen molar-refractivity contribution < 1.29 is 9.59 Å². The minimum atomic E-state index is -0.886. The van der Waals surface area contributed by atoms with Gasteiger partial charge in [-0.15, -0.1) is 0 Å². The van der Waals surface area contributed by atoms with E-state index in [1.54, 1.807) is 0 Å². The van der Waals surface area contributed by atoms with E-state index in [1.807, 2.05) is 74.2 Å². The molecule has 0 aromatic heterocycles. The molecule has 1 saturated carbocycles. The highest BCUT2D eigenvalue weighted by molar-refractivity contribution is 6.07. The number of hydrogen-bond donors (Lipinski definition) is 1. The molecule has 27 heavy (non-hydrogen) atoms. The lowest BCUT2D eigenvalue weighted by Crippen LogP contribution is -2.47. The number of aryl methyl sites for hydroxylation is 1. The first-order chi connectivity index (χ1) is 12.9. The largest absolute Gasteiger partial charge is 0.351 e. The maximum absolute atomic E-state index is 13.2. The van der Waals surface area contributed by atoms with E-state index in [4.69, 9.17) is 0 Å². The summed E-state index contributed by atoms with van der Waals surface area (Å²) in [4.78, 5) is 27.9. The Kier molecular flexibility index (Phi) is 5.64. The van der Waals surface area contributed by atoms with Crippen molar-refractivity contribution in [2.75, 3.05) is 0 Å². The molecule has 0 unspecified atom stereocenters. The van der Waals surface area contributed by atoms with Crippen molar-refractivity contribution in [1.29, 1.82) is 0 Å². The van der Waals surface area contributed by atoms with Gasteiger partial charge in [-0.2, -0.15) is 0 Å². The fraction of sp³-hybridized carbons (Fsp3) is 0.391. The maximum atomic E-state index is 13.2. The number of hydrogen-bond acceptors (Lipinski definition) is 2. The second kappa shape index (κ2) is 7.95. The van der Waals surface area contributed by atoms with Gasteiger partial charge in [-0.25, -0.2) is 0 Å². The van der Waals surface area contributed by atoms with E-state index in [0.29, 0.717) is 25.9 Å². The molecular formula is C23H28N2O2. The second-order valence-electron chi connectivity index (χ2n) is 7.77. The fourth-order valence-electron chi connectivity index (χ4n) is 3.38. The molecule has 0 aliphatic heterocycles. The van der Waals surface area contributed by atoms with Gasteiger partial charge in [-0.1, -0.05) is 60.2 Å². The monoisotopic (exact) mass is 364 g/mol.